The summed E-state index contributed by atoms with van der Waals surface area (Å²) in [5.41, 5.74) is 1.96. The van der Waals surface area contributed by atoms with E-state index in [2.05, 4.69) is 23.7 Å². The molecule has 0 aliphatic carbocycles. The molecule has 1 aromatic heterocycles. The zero-order chi connectivity index (χ0) is 14.8. The summed E-state index contributed by atoms with van der Waals surface area (Å²) in [7, 11) is 0. The van der Waals surface area contributed by atoms with Crippen LogP contribution in [0.25, 0.3) is 0 Å². The molecule has 2 nitrogen and oxygen atoms in total. The lowest BCUT2D eigenvalue weighted by Crippen LogP contribution is -1.96. The van der Waals surface area contributed by atoms with E-state index in [1.165, 1.54) is 19.3 Å². The predicted molar refractivity (Wildman–Crippen MR) is 86.3 cm³/mol. The Kier molecular flexibility index (Phi) is 6.35. The summed E-state index contributed by atoms with van der Waals surface area (Å²) < 4.78 is 5.71. The van der Waals surface area contributed by atoms with Crippen molar-refractivity contribution in [2.75, 3.05) is 6.61 Å². The van der Waals surface area contributed by atoms with Gasteiger partial charge in [-0.1, -0.05) is 38.0 Å². The van der Waals surface area contributed by atoms with Crippen molar-refractivity contribution < 1.29 is 4.74 Å². The summed E-state index contributed by atoms with van der Waals surface area (Å²) in [6, 6.07) is 11.8. The molecule has 0 saturated heterocycles. The maximum atomic E-state index is 5.71. The molecule has 0 N–H and O–H groups in total. The quantitative estimate of drug-likeness (QED) is 0.576. The summed E-state index contributed by atoms with van der Waals surface area (Å²) in [5.74, 6) is 7.17. The predicted octanol–water partition coefficient (Wildman–Crippen LogP) is 4.44. The highest BCUT2D eigenvalue weighted by Gasteiger charge is 1.94. The van der Waals surface area contributed by atoms with Crippen molar-refractivity contribution in [3.63, 3.8) is 0 Å². The lowest BCUT2D eigenvalue weighted by Gasteiger charge is -2.05. The molecule has 0 unspecified atom stereocenters. The summed E-state index contributed by atoms with van der Waals surface area (Å²) in [5, 5.41) is 0. The van der Waals surface area contributed by atoms with Crippen LogP contribution in [0.15, 0.2) is 48.8 Å². The van der Waals surface area contributed by atoms with Gasteiger partial charge in [-0.3, -0.25) is 4.98 Å². The van der Waals surface area contributed by atoms with Gasteiger partial charge in [0.1, 0.15) is 5.75 Å². The molecule has 0 aliphatic rings. The van der Waals surface area contributed by atoms with Crippen LogP contribution in [0, 0.1) is 11.8 Å². The fourth-order valence-electron chi connectivity index (χ4n) is 1.93. The number of nitrogens with zero attached hydrogens (tertiary/aromatic N) is 1. The van der Waals surface area contributed by atoms with Crippen molar-refractivity contribution >= 4 is 0 Å². The first-order chi connectivity index (χ1) is 10.4. The van der Waals surface area contributed by atoms with E-state index in [4.69, 9.17) is 4.74 Å². The third-order valence-electron chi connectivity index (χ3n) is 3.15. The Morgan fingerprint density at radius 3 is 2.19 bits per heavy atom. The number of benzene rings is 1. The molecule has 108 valence electrons. The Hall–Kier alpha value is -2.27. The van der Waals surface area contributed by atoms with Gasteiger partial charge < -0.3 is 4.74 Å². The first kappa shape index (κ1) is 15.1. The zero-order valence-corrected chi connectivity index (χ0v) is 12.5. The molecular formula is C19H21NO. The fourth-order valence-corrected chi connectivity index (χ4v) is 1.93. The standard InChI is InChI=1S/C19H21NO/c1-2-3-4-5-16-21-19-10-8-17(9-11-19)6-7-18-12-14-20-15-13-18/h8-15H,2-5,16H2,1H3. The summed E-state index contributed by atoms with van der Waals surface area (Å²) in [4.78, 5) is 3.97. The lowest BCUT2D eigenvalue weighted by atomic mass is 10.2. The van der Waals surface area contributed by atoms with E-state index < -0.39 is 0 Å². The average molecular weight is 279 g/mol. The van der Waals surface area contributed by atoms with E-state index in [9.17, 15) is 0 Å². The second kappa shape index (κ2) is 8.81. The van der Waals surface area contributed by atoms with Gasteiger partial charge in [0.25, 0.3) is 0 Å². The Bertz CT molecular complexity index is 578. The molecular weight excluding hydrogens is 258 g/mol. The topological polar surface area (TPSA) is 22.1 Å². The van der Waals surface area contributed by atoms with Crippen LogP contribution < -0.4 is 4.74 Å². The van der Waals surface area contributed by atoms with E-state index in [1.54, 1.807) is 12.4 Å². The molecule has 2 heteroatoms. The summed E-state index contributed by atoms with van der Waals surface area (Å²) in [6.45, 7) is 3.01. The molecule has 21 heavy (non-hydrogen) atoms. The third kappa shape index (κ3) is 5.71. The Labute approximate surface area is 127 Å². The van der Waals surface area contributed by atoms with Crippen LogP contribution >= 0.6 is 0 Å². The van der Waals surface area contributed by atoms with Crippen LogP contribution in [-0.4, -0.2) is 11.6 Å². The van der Waals surface area contributed by atoms with Gasteiger partial charge in [-0.05, 0) is 42.8 Å². The number of pyridine rings is 1. The first-order valence-corrected chi connectivity index (χ1v) is 7.53. The molecule has 2 aromatic rings. The van der Waals surface area contributed by atoms with Crippen LogP contribution in [-0.2, 0) is 0 Å². The third-order valence-corrected chi connectivity index (χ3v) is 3.15. The van der Waals surface area contributed by atoms with E-state index >= 15 is 0 Å². The number of unbranched alkanes of at least 4 members (excludes halogenated alkanes) is 3. The van der Waals surface area contributed by atoms with Gasteiger partial charge in [0, 0.05) is 23.5 Å². The number of aromatic nitrogens is 1. The van der Waals surface area contributed by atoms with Crippen molar-refractivity contribution in [3.8, 4) is 17.6 Å². The molecule has 0 saturated carbocycles. The highest BCUT2D eigenvalue weighted by molar-refractivity contribution is 5.43. The second-order valence-electron chi connectivity index (χ2n) is 4.92. The molecule has 0 bridgehead atoms. The maximum Gasteiger partial charge on any atom is 0.119 e. The molecule has 0 amide bonds. The van der Waals surface area contributed by atoms with E-state index in [0.29, 0.717) is 0 Å². The van der Waals surface area contributed by atoms with Gasteiger partial charge >= 0.3 is 0 Å². The molecule has 0 radical (unpaired) electrons. The Morgan fingerprint density at radius 2 is 1.52 bits per heavy atom. The highest BCUT2D eigenvalue weighted by atomic mass is 16.5. The molecule has 0 aliphatic heterocycles. The van der Waals surface area contributed by atoms with Crippen molar-refractivity contribution in [1.29, 1.82) is 0 Å². The van der Waals surface area contributed by atoms with Gasteiger partial charge in [-0.2, -0.15) is 0 Å². The minimum Gasteiger partial charge on any atom is -0.494 e. The number of rotatable bonds is 6. The minimum atomic E-state index is 0.794. The highest BCUT2D eigenvalue weighted by Crippen LogP contribution is 2.12. The Morgan fingerprint density at radius 1 is 0.857 bits per heavy atom. The average Bonchev–Trinajstić information content (AvgIpc) is 2.55. The van der Waals surface area contributed by atoms with Crippen molar-refractivity contribution in [2.24, 2.45) is 0 Å². The van der Waals surface area contributed by atoms with Crippen molar-refractivity contribution in [3.05, 3.63) is 59.9 Å². The maximum absolute atomic E-state index is 5.71. The van der Waals surface area contributed by atoms with Crippen molar-refractivity contribution in [1.82, 2.24) is 4.98 Å². The molecule has 0 fully saturated rings. The largest absolute Gasteiger partial charge is 0.494 e. The summed E-state index contributed by atoms with van der Waals surface area (Å²) in [6.07, 6.45) is 8.40. The van der Waals surface area contributed by atoms with Crippen LogP contribution in [0.2, 0.25) is 0 Å². The minimum absolute atomic E-state index is 0.794. The molecule has 0 spiro atoms. The van der Waals surface area contributed by atoms with Crippen LogP contribution in [0.3, 0.4) is 0 Å². The monoisotopic (exact) mass is 279 g/mol. The van der Waals surface area contributed by atoms with Crippen molar-refractivity contribution in [2.45, 2.75) is 32.6 Å². The van der Waals surface area contributed by atoms with E-state index in [1.807, 2.05) is 36.4 Å². The number of hydrogen-bond donors (Lipinski definition) is 0. The molecule has 0 atom stereocenters. The lowest BCUT2D eigenvalue weighted by molar-refractivity contribution is 0.305. The molecule has 2 rings (SSSR count). The van der Waals surface area contributed by atoms with Gasteiger partial charge in [-0.25, -0.2) is 0 Å². The number of hydrogen-bond acceptors (Lipinski definition) is 2. The van der Waals surface area contributed by atoms with E-state index in [-0.39, 0.29) is 0 Å². The molecule has 1 aromatic carbocycles. The van der Waals surface area contributed by atoms with Gasteiger partial charge in [0.15, 0.2) is 0 Å². The summed E-state index contributed by atoms with van der Waals surface area (Å²) >= 11 is 0. The zero-order valence-electron chi connectivity index (χ0n) is 12.5. The number of ether oxygens (including phenoxy) is 1. The second-order valence-corrected chi connectivity index (χ2v) is 4.92. The van der Waals surface area contributed by atoms with E-state index in [0.717, 1.165) is 29.9 Å². The van der Waals surface area contributed by atoms with Gasteiger partial charge in [0.05, 0.1) is 6.61 Å². The Balaban J connectivity index is 1.83. The van der Waals surface area contributed by atoms with Crippen LogP contribution in [0.4, 0.5) is 0 Å². The van der Waals surface area contributed by atoms with Gasteiger partial charge in [-0.15, -0.1) is 0 Å². The van der Waals surface area contributed by atoms with Crippen LogP contribution in [0.1, 0.15) is 43.7 Å². The normalized spacial score (nSPS) is 9.76. The SMILES string of the molecule is CCCCCCOc1ccc(C#Cc2ccncc2)cc1. The van der Waals surface area contributed by atoms with Crippen LogP contribution in [0.5, 0.6) is 5.75 Å². The molecule has 1 heterocycles. The first-order valence-electron chi connectivity index (χ1n) is 7.53. The van der Waals surface area contributed by atoms with Gasteiger partial charge in [0.2, 0.25) is 0 Å². The smallest absolute Gasteiger partial charge is 0.119 e. The fraction of sp³-hybridized carbons (Fsp3) is 0.316.